The molecule has 0 radical (unpaired) electrons. The minimum atomic E-state index is -0.355. The Hall–Kier alpha value is -1.73. The van der Waals surface area contributed by atoms with E-state index in [2.05, 4.69) is 10.1 Å². The highest BCUT2D eigenvalue weighted by atomic mass is 32.2. The Kier molecular flexibility index (Phi) is 3.08. The van der Waals surface area contributed by atoms with Crippen LogP contribution in [0.3, 0.4) is 0 Å². The molecule has 0 aliphatic rings. The van der Waals surface area contributed by atoms with E-state index in [1.807, 2.05) is 6.26 Å². The second-order valence-corrected chi connectivity index (χ2v) is 4.94. The maximum atomic E-state index is 13.2. The summed E-state index contributed by atoms with van der Waals surface area (Å²) in [4.78, 5) is 3.90. The van der Waals surface area contributed by atoms with Gasteiger partial charge in [-0.25, -0.2) is 14.1 Å². The molecule has 0 atom stereocenters. The number of nitrogens with zero attached hydrogens (tertiary/aromatic N) is 3. The highest BCUT2D eigenvalue weighted by Crippen LogP contribution is 2.31. The monoisotopic (exact) mass is 293 g/mol. The first-order valence-electron chi connectivity index (χ1n) is 5.36. The molecule has 0 unspecified atom stereocenters. The van der Waals surface area contributed by atoms with Crippen molar-refractivity contribution in [3.63, 3.8) is 0 Å². The van der Waals surface area contributed by atoms with Crippen LogP contribution in [0, 0.1) is 10.3 Å². The van der Waals surface area contributed by atoms with Crippen LogP contribution in [-0.2, 0) is 0 Å². The van der Waals surface area contributed by atoms with Crippen molar-refractivity contribution in [2.24, 2.45) is 0 Å². The van der Waals surface area contributed by atoms with Crippen molar-refractivity contribution in [3.05, 3.63) is 41.2 Å². The molecule has 0 bridgehead atoms. The summed E-state index contributed by atoms with van der Waals surface area (Å²) >= 11 is 6.84. The number of thioether (sulfide) groups is 1. The zero-order chi connectivity index (χ0) is 13.4. The number of hydrogen-bond acceptors (Lipinski definition) is 5. The van der Waals surface area contributed by atoms with E-state index >= 15 is 0 Å². The molecule has 4 nitrogen and oxygen atoms in total. The zero-order valence-electron chi connectivity index (χ0n) is 9.83. The average molecular weight is 293 g/mol. The lowest BCUT2D eigenvalue weighted by Crippen LogP contribution is -1.98. The summed E-state index contributed by atoms with van der Waals surface area (Å²) in [7, 11) is 0. The molecule has 2 aromatic heterocycles. The lowest BCUT2D eigenvalue weighted by atomic mass is 10.2. The van der Waals surface area contributed by atoms with E-state index < -0.39 is 0 Å². The maximum absolute atomic E-state index is 13.2. The van der Waals surface area contributed by atoms with Gasteiger partial charge in [-0.05, 0) is 18.4 Å². The summed E-state index contributed by atoms with van der Waals surface area (Å²) < 4.78 is 21.1. The fraction of sp³-hybridized carbons (Fsp3) is 0.0833. The molecule has 0 amide bonds. The van der Waals surface area contributed by atoms with Gasteiger partial charge in [-0.2, -0.15) is 5.10 Å². The predicted molar refractivity (Wildman–Crippen MR) is 73.7 cm³/mol. The van der Waals surface area contributed by atoms with E-state index in [1.54, 1.807) is 17.1 Å². The number of fused-ring (bicyclic) bond motifs is 1. The largest absolute Gasteiger partial charge is 0.447 e. The van der Waals surface area contributed by atoms with Crippen LogP contribution in [0.15, 0.2) is 40.4 Å². The molecule has 19 heavy (non-hydrogen) atoms. The van der Waals surface area contributed by atoms with Gasteiger partial charge in [0.15, 0.2) is 5.09 Å². The Balaban J connectivity index is 2.42. The normalized spacial score (nSPS) is 11.1. The van der Waals surface area contributed by atoms with E-state index in [-0.39, 0.29) is 5.82 Å². The summed E-state index contributed by atoms with van der Waals surface area (Å²) in [5, 5.41) is 5.33. The van der Waals surface area contributed by atoms with Gasteiger partial charge in [0.25, 0.3) is 0 Å². The van der Waals surface area contributed by atoms with Gasteiger partial charge in [0.1, 0.15) is 29.7 Å². The quantitative estimate of drug-likeness (QED) is 0.533. The number of halogens is 1. The highest BCUT2D eigenvalue weighted by Gasteiger charge is 2.14. The molecule has 3 rings (SSSR count). The van der Waals surface area contributed by atoms with Crippen molar-refractivity contribution < 1.29 is 8.81 Å². The lowest BCUT2D eigenvalue weighted by Gasteiger charge is -2.08. The molecule has 1 aromatic carbocycles. The molecule has 0 aliphatic heterocycles. The molecule has 2 heterocycles. The summed E-state index contributed by atoms with van der Waals surface area (Å²) in [6.07, 6.45) is 4.84. The third-order valence-electron chi connectivity index (χ3n) is 2.63. The Morgan fingerprint density at radius 1 is 1.42 bits per heavy atom. The number of aromatic nitrogens is 3. The zero-order valence-corrected chi connectivity index (χ0v) is 11.5. The van der Waals surface area contributed by atoms with Crippen molar-refractivity contribution in [1.29, 1.82) is 0 Å². The van der Waals surface area contributed by atoms with Gasteiger partial charge in [0, 0.05) is 11.5 Å². The average Bonchev–Trinajstić information content (AvgIpc) is 2.91. The summed E-state index contributed by atoms with van der Waals surface area (Å²) in [5.41, 5.74) is 1.08. The van der Waals surface area contributed by atoms with Crippen molar-refractivity contribution in [2.45, 2.75) is 5.09 Å². The first-order valence-corrected chi connectivity index (χ1v) is 6.99. The molecular weight excluding hydrogens is 285 g/mol. The van der Waals surface area contributed by atoms with Crippen LogP contribution in [0.4, 0.5) is 4.39 Å². The summed E-state index contributed by atoms with van der Waals surface area (Å²) in [5.74, 6) is -0.355. The van der Waals surface area contributed by atoms with Crippen LogP contribution in [0.1, 0.15) is 0 Å². The van der Waals surface area contributed by atoms with Crippen LogP contribution in [0.5, 0.6) is 0 Å². The lowest BCUT2D eigenvalue weighted by molar-refractivity contribution is 0.489. The fourth-order valence-electron chi connectivity index (χ4n) is 1.80. The van der Waals surface area contributed by atoms with Gasteiger partial charge in [0.2, 0.25) is 0 Å². The minimum absolute atomic E-state index is 0.355. The second kappa shape index (κ2) is 4.75. The van der Waals surface area contributed by atoms with Crippen LogP contribution < -0.4 is 0 Å². The van der Waals surface area contributed by atoms with Crippen molar-refractivity contribution in [3.8, 4) is 5.69 Å². The van der Waals surface area contributed by atoms with E-state index in [1.165, 1.54) is 30.2 Å². The van der Waals surface area contributed by atoms with Crippen LogP contribution >= 0.6 is 24.0 Å². The molecule has 96 valence electrons. The van der Waals surface area contributed by atoms with E-state index in [0.717, 1.165) is 0 Å². The van der Waals surface area contributed by atoms with E-state index in [0.29, 0.717) is 26.3 Å². The first-order chi connectivity index (χ1) is 9.20. The van der Waals surface area contributed by atoms with Crippen molar-refractivity contribution in [1.82, 2.24) is 14.8 Å². The third kappa shape index (κ3) is 2.04. The molecule has 0 aliphatic carbocycles. The van der Waals surface area contributed by atoms with Crippen molar-refractivity contribution in [2.75, 3.05) is 6.26 Å². The van der Waals surface area contributed by atoms with Gasteiger partial charge in [-0.15, -0.1) is 0 Å². The van der Waals surface area contributed by atoms with Crippen LogP contribution in [0.25, 0.3) is 16.7 Å². The van der Waals surface area contributed by atoms with Gasteiger partial charge in [0.05, 0.1) is 4.51 Å². The van der Waals surface area contributed by atoms with Gasteiger partial charge in [-0.1, -0.05) is 24.0 Å². The van der Waals surface area contributed by atoms with Gasteiger partial charge >= 0.3 is 0 Å². The molecule has 0 saturated carbocycles. The molecule has 0 spiro atoms. The smallest absolute Gasteiger partial charge is 0.187 e. The molecular formula is C12H8FN3OS2. The van der Waals surface area contributed by atoms with E-state index in [4.69, 9.17) is 16.6 Å². The number of rotatable bonds is 2. The van der Waals surface area contributed by atoms with E-state index in [9.17, 15) is 4.39 Å². The fourth-order valence-corrected chi connectivity index (χ4v) is 2.78. The maximum Gasteiger partial charge on any atom is 0.187 e. The minimum Gasteiger partial charge on any atom is -0.447 e. The topological polar surface area (TPSA) is 43.9 Å². The molecule has 3 aromatic rings. The van der Waals surface area contributed by atoms with Crippen LogP contribution in [0.2, 0.25) is 0 Å². The van der Waals surface area contributed by atoms with Crippen LogP contribution in [-0.4, -0.2) is 21.0 Å². The molecule has 0 saturated heterocycles. The van der Waals surface area contributed by atoms with Gasteiger partial charge in [-0.3, -0.25) is 0 Å². The van der Waals surface area contributed by atoms with Gasteiger partial charge < -0.3 is 4.42 Å². The molecule has 0 fully saturated rings. The SMILES string of the molecule is CSc1oc2cc(F)ccc2c(=S)c1-n1cncn1. The molecule has 7 heteroatoms. The Morgan fingerprint density at radius 2 is 2.26 bits per heavy atom. The summed E-state index contributed by atoms with van der Waals surface area (Å²) in [6.45, 7) is 0. The standard InChI is InChI=1S/C12H8FN3OS2/c1-19-12-10(16-6-14-5-15-16)11(18)8-3-2-7(13)4-9(8)17-12/h2-6H,1H3. The number of benzene rings is 1. The Bertz CT molecular complexity index is 799. The first kappa shape index (κ1) is 12.3. The predicted octanol–water partition coefficient (Wildman–Crippen LogP) is 3.60. The second-order valence-electron chi connectivity index (χ2n) is 3.75. The third-order valence-corrected chi connectivity index (χ3v) is 3.69. The molecule has 0 N–H and O–H groups in total. The Labute approximate surface area is 117 Å². The number of hydrogen-bond donors (Lipinski definition) is 0. The summed E-state index contributed by atoms with van der Waals surface area (Å²) in [6, 6.07) is 4.30. The van der Waals surface area contributed by atoms with Crippen molar-refractivity contribution >= 4 is 34.9 Å². The highest BCUT2D eigenvalue weighted by molar-refractivity contribution is 7.98. The Morgan fingerprint density at radius 3 is 2.95 bits per heavy atom.